The number of amides is 4. The van der Waals surface area contributed by atoms with E-state index in [1.54, 1.807) is 12.1 Å². The maximum absolute atomic E-state index is 13.2. The normalized spacial score (nSPS) is 18.9. The molecule has 2 aromatic rings. The molecule has 0 spiro atoms. The first-order chi connectivity index (χ1) is 13.2. The first-order valence-electron chi connectivity index (χ1n) is 8.59. The zero-order valence-electron chi connectivity index (χ0n) is 15.4. The second-order valence-corrected chi connectivity index (χ2v) is 6.83. The van der Waals surface area contributed by atoms with Crippen molar-refractivity contribution in [1.29, 1.82) is 0 Å². The zero-order chi connectivity index (χ0) is 20.5. The van der Waals surface area contributed by atoms with Crippen molar-refractivity contribution in [2.45, 2.75) is 19.0 Å². The average molecular weight is 387 g/mol. The number of imide groups is 1. The molecule has 6 nitrogen and oxygen atoms in total. The highest BCUT2D eigenvalue weighted by molar-refractivity contribution is 6.09. The van der Waals surface area contributed by atoms with Crippen molar-refractivity contribution in [1.82, 2.24) is 15.1 Å². The highest BCUT2D eigenvalue weighted by atomic mass is 19.1. The Balaban J connectivity index is 1.70. The molecule has 0 saturated carbocycles. The Kier molecular flexibility index (Phi) is 5.13. The summed E-state index contributed by atoms with van der Waals surface area (Å²) in [6, 6.07) is 10.2. The van der Waals surface area contributed by atoms with Gasteiger partial charge in [-0.3, -0.25) is 14.5 Å². The molecule has 1 unspecified atom stereocenters. The summed E-state index contributed by atoms with van der Waals surface area (Å²) in [5, 5.41) is 2.57. The highest BCUT2D eigenvalue weighted by Gasteiger charge is 2.49. The fraction of sp³-hybridized carbons (Fsp3) is 0.250. The third-order valence-electron chi connectivity index (χ3n) is 4.75. The zero-order valence-corrected chi connectivity index (χ0v) is 15.4. The van der Waals surface area contributed by atoms with E-state index in [2.05, 4.69) is 5.32 Å². The average Bonchev–Trinajstić information content (AvgIpc) is 2.88. The molecule has 0 bridgehead atoms. The van der Waals surface area contributed by atoms with Crippen LogP contribution in [-0.4, -0.2) is 41.2 Å². The number of nitrogens with one attached hydrogen (secondary N) is 1. The molecule has 1 saturated heterocycles. The Morgan fingerprint density at radius 1 is 1.04 bits per heavy atom. The van der Waals surface area contributed by atoms with Gasteiger partial charge in [-0.05, 0) is 42.3 Å². The Labute approximate surface area is 160 Å². The number of urea groups is 1. The smallest absolute Gasteiger partial charge is 0.325 e. The van der Waals surface area contributed by atoms with E-state index in [9.17, 15) is 23.2 Å². The van der Waals surface area contributed by atoms with Gasteiger partial charge in [0, 0.05) is 13.6 Å². The van der Waals surface area contributed by atoms with Crippen LogP contribution in [0, 0.1) is 11.6 Å². The van der Waals surface area contributed by atoms with Gasteiger partial charge in [0.1, 0.15) is 23.7 Å². The lowest BCUT2D eigenvalue weighted by molar-refractivity contribution is -0.138. The topological polar surface area (TPSA) is 69.7 Å². The van der Waals surface area contributed by atoms with Crippen molar-refractivity contribution < 1.29 is 23.2 Å². The SMILES string of the molecule is CN(Cc1ccc(F)cc1)C(=O)CN1C(=O)NC(C)(c2ccc(F)cc2)C1=O. The minimum atomic E-state index is -1.37. The molecule has 0 aliphatic carbocycles. The van der Waals surface area contributed by atoms with Gasteiger partial charge in [0.15, 0.2) is 0 Å². The van der Waals surface area contributed by atoms with Gasteiger partial charge in [0.05, 0.1) is 0 Å². The molecule has 1 N–H and O–H groups in total. The first-order valence-corrected chi connectivity index (χ1v) is 8.59. The van der Waals surface area contributed by atoms with E-state index in [0.717, 1.165) is 4.90 Å². The van der Waals surface area contributed by atoms with Gasteiger partial charge in [-0.1, -0.05) is 24.3 Å². The molecule has 146 valence electrons. The van der Waals surface area contributed by atoms with Crippen molar-refractivity contribution in [3.63, 3.8) is 0 Å². The number of benzene rings is 2. The summed E-state index contributed by atoms with van der Waals surface area (Å²) < 4.78 is 26.1. The number of nitrogens with zero attached hydrogens (tertiary/aromatic N) is 2. The van der Waals surface area contributed by atoms with Crippen LogP contribution in [0.4, 0.5) is 13.6 Å². The monoisotopic (exact) mass is 387 g/mol. The molecular formula is C20H19F2N3O3. The van der Waals surface area contributed by atoms with Crippen molar-refractivity contribution >= 4 is 17.8 Å². The molecule has 28 heavy (non-hydrogen) atoms. The van der Waals surface area contributed by atoms with Crippen LogP contribution in [0.5, 0.6) is 0 Å². The minimum Gasteiger partial charge on any atom is -0.340 e. The van der Waals surface area contributed by atoms with Crippen LogP contribution in [0.2, 0.25) is 0 Å². The lowest BCUT2D eigenvalue weighted by atomic mass is 9.92. The molecule has 1 fully saturated rings. The standard InChI is InChI=1S/C20H19F2N3O3/c1-20(14-5-9-16(22)10-6-14)18(27)25(19(28)23-20)12-17(26)24(2)11-13-3-7-15(21)8-4-13/h3-10H,11-12H2,1-2H3,(H,23,28). The predicted octanol–water partition coefficient (Wildman–Crippen LogP) is 2.39. The molecule has 8 heteroatoms. The van der Waals surface area contributed by atoms with Gasteiger partial charge >= 0.3 is 6.03 Å². The minimum absolute atomic E-state index is 0.206. The first kappa shape index (κ1) is 19.5. The van der Waals surface area contributed by atoms with Gasteiger partial charge in [-0.2, -0.15) is 0 Å². The number of carbonyl (C=O) groups excluding carboxylic acids is 3. The lowest BCUT2D eigenvalue weighted by Gasteiger charge is -2.23. The maximum Gasteiger partial charge on any atom is 0.325 e. The van der Waals surface area contributed by atoms with E-state index in [-0.39, 0.29) is 12.4 Å². The summed E-state index contributed by atoms with van der Waals surface area (Å²) in [4.78, 5) is 39.8. The van der Waals surface area contributed by atoms with Gasteiger partial charge < -0.3 is 10.2 Å². The summed E-state index contributed by atoms with van der Waals surface area (Å²) in [5.41, 5.74) is -0.242. The van der Waals surface area contributed by atoms with Crippen molar-refractivity contribution in [2.24, 2.45) is 0 Å². The summed E-state index contributed by atoms with van der Waals surface area (Å²) in [6.07, 6.45) is 0. The second-order valence-electron chi connectivity index (χ2n) is 6.83. The maximum atomic E-state index is 13.2. The molecule has 4 amide bonds. The van der Waals surface area contributed by atoms with Gasteiger partial charge in [-0.15, -0.1) is 0 Å². The van der Waals surface area contributed by atoms with Crippen molar-refractivity contribution in [3.8, 4) is 0 Å². The van der Waals surface area contributed by atoms with Crippen molar-refractivity contribution in [2.75, 3.05) is 13.6 Å². The quantitative estimate of drug-likeness (QED) is 0.801. The van der Waals surface area contributed by atoms with E-state index in [1.807, 2.05) is 0 Å². The molecule has 2 aromatic carbocycles. The van der Waals surface area contributed by atoms with Crippen molar-refractivity contribution in [3.05, 3.63) is 71.3 Å². The summed E-state index contributed by atoms with van der Waals surface area (Å²) in [6.45, 7) is 1.28. The largest absolute Gasteiger partial charge is 0.340 e. The number of hydrogen-bond acceptors (Lipinski definition) is 3. The molecule has 1 aliphatic heterocycles. The molecule has 1 atom stereocenters. The van der Waals surface area contributed by atoms with Crippen LogP contribution < -0.4 is 5.32 Å². The van der Waals surface area contributed by atoms with E-state index >= 15 is 0 Å². The van der Waals surface area contributed by atoms with Crippen LogP contribution in [0.1, 0.15) is 18.1 Å². The summed E-state index contributed by atoms with van der Waals surface area (Å²) in [7, 11) is 1.53. The van der Waals surface area contributed by atoms with E-state index in [4.69, 9.17) is 0 Å². The number of carbonyl (C=O) groups is 3. The Hall–Kier alpha value is -3.29. The van der Waals surface area contributed by atoms with Crippen LogP contribution in [-0.2, 0) is 21.7 Å². The summed E-state index contributed by atoms with van der Waals surface area (Å²) in [5.74, 6) is -1.88. The van der Waals surface area contributed by atoms with E-state index in [0.29, 0.717) is 11.1 Å². The third kappa shape index (κ3) is 3.71. The number of rotatable bonds is 5. The highest BCUT2D eigenvalue weighted by Crippen LogP contribution is 2.28. The Morgan fingerprint density at radius 2 is 1.57 bits per heavy atom. The Bertz CT molecular complexity index is 915. The fourth-order valence-electron chi connectivity index (χ4n) is 3.03. The van der Waals surface area contributed by atoms with E-state index < -0.39 is 35.7 Å². The molecule has 0 aromatic heterocycles. The second kappa shape index (κ2) is 7.38. The fourth-order valence-corrected chi connectivity index (χ4v) is 3.03. The molecule has 1 aliphatic rings. The van der Waals surface area contributed by atoms with Crippen LogP contribution in [0.3, 0.4) is 0 Å². The molecule has 0 radical (unpaired) electrons. The van der Waals surface area contributed by atoms with Crippen LogP contribution >= 0.6 is 0 Å². The predicted molar refractivity (Wildman–Crippen MR) is 96.9 cm³/mol. The molecule has 3 rings (SSSR count). The van der Waals surface area contributed by atoms with Gasteiger partial charge in [0.25, 0.3) is 5.91 Å². The van der Waals surface area contributed by atoms with E-state index in [1.165, 1.54) is 55.3 Å². The van der Waals surface area contributed by atoms with Crippen LogP contribution in [0.25, 0.3) is 0 Å². The lowest BCUT2D eigenvalue weighted by Crippen LogP contribution is -2.43. The number of hydrogen-bond donors (Lipinski definition) is 1. The number of likely N-dealkylation sites (N-methyl/N-ethyl adjacent to an activating group) is 1. The third-order valence-corrected chi connectivity index (χ3v) is 4.75. The Morgan fingerprint density at radius 3 is 2.14 bits per heavy atom. The molecular weight excluding hydrogens is 368 g/mol. The number of halogens is 2. The van der Waals surface area contributed by atoms with Gasteiger partial charge in [0.2, 0.25) is 5.91 Å². The molecule has 1 heterocycles. The van der Waals surface area contributed by atoms with Crippen LogP contribution in [0.15, 0.2) is 48.5 Å². The summed E-state index contributed by atoms with van der Waals surface area (Å²) >= 11 is 0. The van der Waals surface area contributed by atoms with Gasteiger partial charge in [-0.25, -0.2) is 13.6 Å².